The highest BCUT2D eigenvalue weighted by Crippen LogP contribution is 2.20. The fourth-order valence-corrected chi connectivity index (χ4v) is 2.37. The van der Waals surface area contributed by atoms with Crippen LogP contribution < -0.4 is 5.32 Å². The number of halogens is 2. The van der Waals surface area contributed by atoms with Crippen molar-refractivity contribution in [2.75, 3.05) is 26.2 Å². The van der Waals surface area contributed by atoms with Crippen molar-refractivity contribution in [2.45, 2.75) is 26.4 Å². The molecule has 0 bridgehead atoms. The van der Waals surface area contributed by atoms with E-state index in [1.54, 1.807) is 0 Å². The summed E-state index contributed by atoms with van der Waals surface area (Å²) < 4.78 is 31.4. The van der Waals surface area contributed by atoms with Gasteiger partial charge in [0, 0.05) is 31.8 Å². The SMILES string of the molecule is CC(C)OCCCNC(=O)C1CN(C(=O)c2ccc(F)c(F)c2)C1. The monoisotopic (exact) mass is 340 g/mol. The molecule has 1 N–H and O–H groups in total. The van der Waals surface area contributed by atoms with E-state index in [4.69, 9.17) is 4.74 Å². The third-order valence-electron chi connectivity index (χ3n) is 3.78. The number of carbonyl (C=O) groups excluding carboxylic acids is 2. The van der Waals surface area contributed by atoms with E-state index in [0.717, 1.165) is 18.6 Å². The van der Waals surface area contributed by atoms with E-state index in [0.29, 0.717) is 13.2 Å². The number of amides is 2. The maximum atomic E-state index is 13.2. The van der Waals surface area contributed by atoms with Crippen molar-refractivity contribution in [1.82, 2.24) is 10.2 Å². The minimum atomic E-state index is -1.06. The van der Waals surface area contributed by atoms with E-state index in [1.807, 2.05) is 13.8 Å². The van der Waals surface area contributed by atoms with Crippen molar-refractivity contribution in [3.05, 3.63) is 35.4 Å². The van der Waals surface area contributed by atoms with Gasteiger partial charge in [-0.05, 0) is 38.5 Å². The van der Waals surface area contributed by atoms with Gasteiger partial charge in [-0.3, -0.25) is 9.59 Å². The Morgan fingerprint density at radius 1 is 1.29 bits per heavy atom. The van der Waals surface area contributed by atoms with Crippen molar-refractivity contribution in [3.8, 4) is 0 Å². The van der Waals surface area contributed by atoms with Crippen LogP contribution in [0.4, 0.5) is 8.78 Å². The highest BCUT2D eigenvalue weighted by atomic mass is 19.2. The summed E-state index contributed by atoms with van der Waals surface area (Å²) in [6, 6.07) is 3.04. The molecule has 132 valence electrons. The number of hydrogen-bond acceptors (Lipinski definition) is 3. The van der Waals surface area contributed by atoms with E-state index in [1.165, 1.54) is 11.0 Å². The normalized spacial score (nSPS) is 14.6. The third kappa shape index (κ3) is 4.74. The third-order valence-corrected chi connectivity index (χ3v) is 3.78. The molecule has 2 amide bonds. The summed E-state index contributed by atoms with van der Waals surface area (Å²) in [6.07, 6.45) is 0.900. The van der Waals surface area contributed by atoms with E-state index < -0.39 is 17.5 Å². The van der Waals surface area contributed by atoms with Crippen molar-refractivity contribution in [2.24, 2.45) is 5.92 Å². The molecule has 0 saturated carbocycles. The quantitative estimate of drug-likeness (QED) is 0.772. The van der Waals surface area contributed by atoms with Crippen LogP contribution in [0, 0.1) is 17.6 Å². The van der Waals surface area contributed by atoms with Crippen molar-refractivity contribution in [3.63, 3.8) is 0 Å². The Balaban J connectivity index is 1.71. The number of rotatable bonds is 7. The van der Waals surface area contributed by atoms with Crippen LogP contribution in [0.25, 0.3) is 0 Å². The molecule has 1 aliphatic heterocycles. The van der Waals surface area contributed by atoms with Gasteiger partial charge >= 0.3 is 0 Å². The van der Waals surface area contributed by atoms with Gasteiger partial charge in [0.05, 0.1) is 12.0 Å². The molecular weight excluding hydrogens is 318 g/mol. The van der Waals surface area contributed by atoms with Crippen LogP contribution in [-0.2, 0) is 9.53 Å². The lowest BCUT2D eigenvalue weighted by molar-refractivity contribution is -0.129. The molecular formula is C17H22F2N2O3. The fourth-order valence-electron chi connectivity index (χ4n) is 2.37. The average molecular weight is 340 g/mol. The van der Waals surface area contributed by atoms with Gasteiger partial charge in [0.1, 0.15) is 0 Å². The number of nitrogens with one attached hydrogen (secondary N) is 1. The highest BCUT2D eigenvalue weighted by molar-refractivity contribution is 5.96. The van der Waals surface area contributed by atoms with Gasteiger partial charge in [0.2, 0.25) is 5.91 Å². The summed E-state index contributed by atoms with van der Waals surface area (Å²) in [5.41, 5.74) is 0.0820. The zero-order valence-electron chi connectivity index (χ0n) is 13.9. The highest BCUT2D eigenvalue weighted by Gasteiger charge is 2.35. The Bertz CT molecular complexity index is 601. The number of likely N-dealkylation sites (tertiary alicyclic amines) is 1. The zero-order valence-corrected chi connectivity index (χ0v) is 13.9. The summed E-state index contributed by atoms with van der Waals surface area (Å²) in [7, 11) is 0. The lowest BCUT2D eigenvalue weighted by Gasteiger charge is -2.38. The lowest BCUT2D eigenvalue weighted by atomic mass is 9.97. The second kappa shape index (κ2) is 8.19. The molecule has 24 heavy (non-hydrogen) atoms. The average Bonchev–Trinajstić information content (AvgIpc) is 2.47. The second-order valence-electron chi connectivity index (χ2n) is 6.10. The standard InChI is InChI=1S/C17H22F2N2O3/c1-11(2)24-7-3-6-20-16(22)13-9-21(10-13)17(23)12-4-5-14(18)15(19)8-12/h4-5,8,11,13H,3,6-7,9-10H2,1-2H3,(H,20,22). The van der Waals surface area contributed by atoms with Gasteiger partial charge in [-0.1, -0.05) is 0 Å². The summed E-state index contributed by atoms with van der Waals surface area (Å²) in [5.74, 6) is -2.81. The van der Waals surface area contributed by atoms with E-state index in [2.05, 4.69) is 5.32 Å². The number of benzene rings is 1. The van der Waals surface area contributed by atoms with Crippen LogP contribution in [-0.4, -0.2) is 49.1 Å². The van der Waals surface area contributed by atoms with Gasteiger partial charge < -0.3 is 15.0 Å². The first-order valence-electron chi connectivity index (χ1n) is 8.02. The zero-order chi connectivity index (χ0) is 17.7. The molecule has 0 radical (unpaired) electrons. The molecule has 0 aromatic heterocycles. The molecule has 1 aromatic carbocycles. The smallest absolute Gasteiger partial charge is 0.254 e. The minimum Gasteiger partial charge on any atom is -0.379 e. The fraction of sp³-hybridized carbons (Fsp3) is 0.529. The minimum absolute atomic E-state index is 0.0820. The molecule has 2 rings (SSSR count). The number of ether oxygens (including phenoxy) is 1. The molecule has 0 unspecified atom stereocenters. The molecule has 1 aromatic rings. The van der Waals surface area contributed by atoms with Gasteiger partial charge in [-0.2, -0.15) is 0 Å². The molecule has 1 aliphatic rings. The van der Waals surface area contributed by atoms with E-state index >= 15 is 0 Å². The molecule has 1 heterocycles. The van der Waals surface area contributed by atoms with Gasteiger partial charge in [-0.15, -0.1) is 0 Å². The van der Waals surface area contributed by atoms with Crippen molar-refractivity contribution in [1.29, 1.82) is 0 Å². The van der Waals surface area contributed by atoms with Crippen molar-refractivity contribution < 1.29 is 23.1 Å². The summed E-state index contributed by atoms with van der Waals surface area (Å²) in [4.78, 5) is 25.5. The number of hydrogen-bond donors (Lipinski definition) is 1. The Morgan fingerprint density at radius 3 is 2.62 bits per heavy atom. The number of nitrogens with zero attached hydrogens (tertiary/aromatic N) is 1. The van der Waals surface area contributed by atoms with Gasteiger partial charge in [0.15, 0.2) is 11.6 Å². The molecule has 5 nitrogen and oxygen atoms in total. The van der Waals surface area contributed by atoms with E-state index in [9.17, 15) is 18.4 Å². The predicted molar refractivity (Wildman–Crippen MR) is 84.5 cm³/mol. The first kappa shape index (κ1) is 18.3. The Kier molecular flexibility index (Phi) is 6.25. The maximum absolute atomic E-state index is 13.2. The summed E-state index contributed by atoms with van der Waals surface area (Å²) in [5, 5.41) is 2.81. The van der Waals surface area contributed by atoms with Gasteiger partial charge in [0.25, 0.3) is 5.91 Å². The Morgan fingerprint density at radius 2 is 2.00 bits per heavy atom. The van der Waals surface area contributed by atoms with E-state index in [-0.39, 0.29) is 36.6 Å². The molecule has 0 aliphatic carbocycles. The number of carbonyl (C=O) groups is 2. The van der Waals surface area contributed by atoms with Gasteiger partial charge in [-0.25, -0.2) is 8.78 Å². The van der Waals surface area contributed by atoms with Crippen LogP contribution in [0.2, 0.25) is 0 Å². The van der Waals surface area contributed by atoms with Crippen molar-refractivity contribution >= 4 is 11.8 Å². The summed E-state index contributed by atoms with van der Waals surface area (Å²) in [6.45, 7) is 5.58. The molecule has 0 spiro atoms. The largest absolute Gasteiger partial charge is 0.379 e. The molecule has 1 saturated heterocycles. The first-order chi connectivity index (χ1) is 11.4. The first-order valence-corrected chi connectivity index (χ1v) is 8.02. The second-order valence-corrected chi connectivity index (χ2v) is 6.10. The van der Waals surface area contributed by atoms with Crippen LogP contribution in [0.1, 0.15) is 30.6 Å². The molecule has 7 heteroatoms. The van der Waals surface area contributed by atoms with Crippen LogP contribution >= 0.6 is 0 Å². The maximum Gasteiger partial charge on any atom is 0.254 e. The predicted octanol–water partition coefficient (Wildman–Crippen LogP) is 1.97. The lowest BCUT2D eigenvalue weighted by Crippen LogP contribution is -2.55. The summed E-state index contributed by atoms with van der Waals surface area (Å²) >= 11 is 0. The Labute approximate surface area is 140 Å². The Hall–Kier alpha value is -2.02. The van der Waals surface area contributed by atoms with Crippen LogP contribution in [0.5, 0.6) is 0 Å². The molecule has 1 fully saturated rings. The molecule has 0 atom stereocenters. The topological polar surface area (TPSA) is 58.6 Å². The van der Waals surface area contributed by atoms with Crippen LogP contribution in [0.15, 0.2) is 18.2 Å². The van der Waals surface area contributed by atoms with Crippen LogP contribution in [0.3, 0.4) is 0 Å².